The van der Waals surface area contributed by atoms with Gasteiger partial charge in [0.15, 0.2) is 4.73 Å². The Morgan fingerprint density at radius 3 is 2.89 bits per heavy atom. The van der Waals surface area contributed by atoms with E-state index in [0.29, 0.717) is 30.0 Å². The van der Waals surface area contributed by atoms with E-state index in [1.54, 1.807) is 18.1 Å². The molecule has 4 rings (SSSR count). The molecule has 1 aliphatic rings. The molecule has 0 bridgehead atoms. The maximum Gasteiger partial charge on any atom is 0.336 e. The summed E-state index contributed by atoms with van der Waals surface area (Å²) in [5.74, 6) is 0.318. The van der Waals surface area contributed by atoms with E-state index in [1.807, 2.05) is 31.2 Å². The number of carbonyl (C=O) groups excluding carboxylic acids is 2. The van der Waals surface area contributed by atoms with Gasteiger partial charge in [-0.25, -0.2) is 0 Å². The highest BCUT2D eigenvalue weighted by molar-refractivity contribution is 9.10. The van der Waals surface area contributed by atoms with Crippen LogP contribution < -0.4 is 14.8 Å². The highest BCUT2D eigenvalue weighted by Crippen LogP contribution is 2.20. The standard InChI is InChI=1S/C22H26BrN7O5/c1-14-3-5-16(6-4-14)33-8-7-29(2)19(31)12-30-11-15(10-24-30)25-20(32)18-9-17(13-34-18)35-22-26-21(23)27-28-22/h3-6,10-11,17-18H,7-9,12-13H2,1-2H3,(H,25,32)(H,26,27,28). The summed E-state index contributed by atoms with van der Waals surface area (Å²) in [6.45, 7) is 3.11. The summed E-state index contributed by atoms with van der Waals surface area (Å²) in [5, 5.41) is 13.4. The van der Waals surface area contributed by atoms with Crippen LogP contribution in [0.3, 0.4) is 0 Å². The molecule has 2 unspecified atom stereocenters. The van der Waals surface area contributed by atoms with Gasteiger partial charge in [0, 0.05) is 19.7 Å². The number of aromatic amines is 1. The number of carbonyl (C=O) groups is 2. The number of nitrogens with one attached hydrogen (secondary N) is 2. The molecule has 13 heteroatoms. The molecule has 0 radical (unpaired) electrons. The number of H-pyrrole nitrogens is 1. The van der Waals surface area contributed by atoms with Gasteiger partial charge in [0.1, 0.15) is 31.1 Å². The zero-order valence-electron chi connectivity index (χ0n) is 19.3. The van der Waals surface area contributed by atoms with E-state index in [2.05, 4.69) is 41.5 Å². The zero-order valence-corrected chi connectivity index (χ0v) is 20.9. The molecule has 3 heterocycles. The Bertz CT molecular complexity index is 1150. The second-order valence-electron chi connectivity index (χ2n) is 8.10. The van der Waals surface area contributed by atoms with Crippen LogP contribution in [0.15, 0.2) is 41.4 Å². The number of hydrogen-bond acceptors (Lipinski definition) is 8. The van der Waals surface area contributed by atoms with Crippen molar-refractivity contribution in [2.24, 2.45) is 0 Å². The van der Waals surface area contributed by atoms with Crippen LogP contribution in [0.4, 0.5) is 5.69 Å². The molecule has 2 amide bonds. The summed E-state index contributed by atoms with van der Waals surface area (Å²) >= 11 is 3.16. The summed E-state index contributed by atoms with van der Waals surface area (Å²) < 4.78 is 18.7. The van der Waals surface area contributed by atoms with Crippen LogP contribution in [-0.4, -0.2) is 80.7 Å². The van der Waals surface area contributed by atoms with E-state index in [-0.39, 0.29) is 37.1 Å². The lowest BCUT2D eigenvalue weighted by molar-refractivity contribution is -0.131. The van der Waals surface area contributed by atoms with Crippen LogP contribution >= 0.6 is 15.9 Å². The number of halogens is 1. The van der Waals surface area contributed by atoms with Crippen molar-refractivity contribution in [1.82, 2.24) is 29.9 Å². The number of amides is 2. The minimum atomic E-state index is -0.674. The fraction of sp³-hybridized carbons (Fsp3) is 0.409. The molecule has 0 aliphatic carbocycles. The highest BCUT2D eigenvalue weighted by Gasteiger charge is 2.33. The third-order valence-electron chi connectivity index (χ3n) is 5.30. The van der Waals surface area contributed by atoms with E-state index in [0.717, 1.165) is 11.3 Å². The van der Waals surface area contributed by atoms with Gasteiger partial charge in [-0.1, -0.05) is 17.7 Å². The Kier molecular flexibility index (Phi) is 7.98. The molecule has 0 saturated carbocycles. The van der Waals surface area contributed by atoms with E-state index in [9.17, 15) is 9.59 Å². The Balaban J connectivity index is 1.18. The molecule has 2 atom stereocenters. The second-order valence-corrected chi connectivity index (χ2v) is 8.85. The van der Waals surface area contributed by atoms with Crippen molar-refractivity contribution >= 4 is 33.4 Å². The summed E-state index contributed by atoms with van der Waals surface area (Å²) in [6, 6.07) is 7.93. The minimum Gasteiger partial charge on any atom is -0.492 e. The van der Waals surface area contributed by atoms with Crippen molar-refractivity contribution in [2.75, 3.05) is 32.1 Å². The lowest BCUT2D eigenvalue weighted by atomic mass is 10.2. The summed E-state index contributed by atoms with van der Waals surface area (Å²) in [4.78, 5) is 30.6. The molecule has 35 heavy (non-hydrogen) atoms. The van der Waals surface area contributed by atoms with Gasteiger partial charge in [-0.2, -0.15) is 10.1 Å². The van der Waals surface area contributed by atoms with Gasteiger partial charge in [0.05, 0.1) is 25.0 Å². The molecule has 1 aromatic carbocycles. The summed E-state index contributed by atoms with van der Waals surface area (Å²) in [6.07, 6.45) is 2.44. The Morgan fingerprint density at radius 1 is 1.34 bits per heavy atom. The predicted molar refractivity (Wildman–Crippen MR) is 128 cm³/mol. The number of anilines is 1. The molecule has 3 aromatic rings. The fourth-order valence-electron chi connectivity index (χ4n) is 3.35. The fourth-order valence-corrected chi connectivity index (χ4v) is 3.59. The number of likely N-dealkylation sites (N-methyl/N-ethyl adjacent to an activating group) is 1. The predicted octanol–water partition coefficient (Wildman–Crippen LogP) is 1.78. The SMILES string of the molecule is Cc1ccc(OCCN(C)C(=O)Cn2cc(NC(=O)C3CC(Oc4n[nH]c(Br)n4)CO3)cn2)cc1. The average molecular weight is 548 g/mol. The summed E-state index contributed by atoms with van der Waals surface area (Å²) in [7, 11) is 1.71. The second kappa shape index (κ2) is 11.3. The monoisotopic (exact) mass is 547 g/mol. The minimum absolute atomic E-state index is 0.0406. The quantitative estimate of drug-likeness (QED) is 0.392. The first-order valence-corrected chi connectivity index (χ1v) is 11.8. The molecule has 2 N–H and O–H groups in total. The topological polar surface area (TPSA) is 136 Å². The molecule has 2 aromatic heterocycles. The van der Waals surface area contributed by atoms with Gasteiger partial charge in [0.25, 0.3) is 5.91 Å². The lowest BCUT2D eigenvalue weighted by Gasteiger charge is -2.17. The first kappa shape index (κ1) is 24.7. The molecule has 1 saturated heterocycles. The number of rotatable bonds is 10. The van der Waals surface area contributed by atoms with Crippen LogP contribution in [0, 0.1) is 6.92 Å². The number of nitrogens with zero attached hydrogens (tertiary/aromatic N) is 5. The Morgan fingerprint density at radius 2 is 2.14 bits per heavy atom. The maximum absolute atomic E-state index is 12.5. The van der Waals surface area contributed by atoms with Crippen LogP contribution in [-0.2, 0) is 20.9 Å². The lowest BCUT2D eigenvalue weighted by Crippen LogP contribution is -2.33. The van der Waals surface area contributed by atoms with E-state index in [1.165, 1.54) is 10.9 Å². The van der Waals surface area contributed by atoms with Crippen molar-refractivity contribution in [3.05, 3.63) is 47.0 Å². The van der Waals surface area contributed by atoms with Crippen LogP contribution in [0.2, 0.25) is 0 Å². The molecule has 1 fully saturated rings. The first-order chi connectivity index (χ1) is 16.9. The van der Waals surface area contributed by atoms with Crippen molar-refractivity contribution in [2.45, 2.75) is 32.1 Å². The van der Waals surface area contributed by atoms with Gasteiger partial charge in [-0.05, 0) is 35.0 Å². The van der Waals surface area contributed by atoms with Gasteiger partial charge < -0.3 is 24.4 Å². The van der Waals surface area contributed by atoms with Crippen LogP contribution in [0.25, 0.3) is 0 Å². The molecular weight excluding hydrogens is 522 g/mol. The molecule has 12 nitrogen and oxygen atoms in total. The van der Waals surface area contributed by atoms with Crippen LogP contribution in [0.1, 0.15) is 12.0 Å². The summed E-state index contributed by atoms with van der Waals surface area (Å²) in [5.41, 5.74) is 1.63. The first-order valence-electron chi connectivity index (χ1n) is 11.0. The zero-order chi connectivity index (χ0) is 24.8. The maximum atomic E-state index is 12.5. The van der Waals surface area contributed by atoms with E-state index >= 15 is 0 Å². The molecular formula is C22H26BrN7O5. The third-order valence-corrected chi connectivity index (χ3v) is 5.66. The normalized spacial score (nSPS) is 17.2. The van der Waals surface area contributed by atoms with Gasteiger partial charge >= 0.3 is 6.01 Å². The Labute approximate surface area is 210 Å². The average Bonchev–Trinajstić information content (AvgIpc) is 3.57. The van der Waals surface area contributed by atoms with Crippen molar-refractivity contribution in [3.8, 4) is 11.8 Å². The number of ether oxygens (including phenoxy) is 3. The number of aromatic nitrogens is 5. The van der Waals surface area contributed by atoms with Crippen LogP contribution in [0.5, 0.6) is 11.8 Å². The van der Waals surface area contributed by atoms with Crippen molar-refractivity contribution in [3.63, 3.8) is 0 Å². The highest BCUT2D eigenvalue weighted by atomic mass is 79.9. The number of benzene rings is 1. The smallest absolute Gasteiger partial charge is 0.336 e. The van der Waals surface area contributed by atoms with Gasteiger partial charge in [-0.15, -0.1) is 5.10 Å². The molecule has 186 valence electrons. The van der Waals surface area contributed by atoms with Crippen molar-refractivity contribution in [1.29, 1.82) is 0 Å². The van der Waals surface area contributed by atoms with Gasteiger partial charge in [0.2, 0.25) is 5.91 Å². The number of hydrogen-bond donors (Lipinski definition) is 2. The third kappa shape index (κ3) is 7.02. The molecule has 0 spiro atoms. The largest absolute Gasteiger partial charge is 0.492 e. The van der Waals surface area contributed by atoms with E-state index in [4.69, 9.17) is 14.2 Å². The van der Waals surface area contributed by atoms with Crippen molar-refractivity contribution < 1.29 is 23.8 Å². The van der Waals surface area contributed by atoms with E-state index < -0.39 is 6.10 Å². The van der Waals surface area contributed by atoms with Gasteiger partial charge in [-0.3, -0.25) is 19.4 Å². The Hall–Kier alpha value is -3.45. The molecule has 1 aliphatic heterocycles. The number of aryl methyl sites for hydroxylation is 1.